The number of rotatable bonds is 4. The number of carbonyl (C=O) groups excluding carboxylic acids is 1. The number of hydrogen-bond acceptors (Lipinski definition) is 3. The molecule has 3 aromatic carbocycles. The number of carboxylic acids is 1. The number of hydrogen-bond donors (Lipinski definition) is 2. The van der Waals surface area contributed by atoms with Gasteiger partial charge in [0.1, 0.15) is 0 Å². The van der Waals surface area contributed by atoms with Crippen LogP contribution in [-0.4, -0.2) is 51.5 Å². The van der Waals surface area contributed by atoms with E-state index in [1.165, 1.54) is 18.2 Å². The Balaban J connectivity index is 0.00000256. The predicted molar refractivity (Wildman–Crippen MR) is 121 cm³/mol. The van der Waals surface area contributed by atoms with E-state index in [0.29, 0.717) is 5.56 Å². The first kappa shape index (κ1) is 22.0. The molecule has 0 saturated heterocycles. The molecule has 0 aliphatic carbocycles. The van der Waals surface area contributed by atoms with Crippen LogP contribution in [0.15, 0.2) is 79.0 Å². The van der Waals surface area contributed by atoms with Crippen molar-refractivity contribution in [2.75, 3.05) is 5.32 Å². The molecule has 0 unspecified atom stereocenters. The van der Waals surface area contributed by atoms with Gasteiger partial charge in [0.15, 0.2) is 0 Å². The summed E-state index contributed by atoms with van der Waals surface area (Å²) in [5, 5.41) is 13.3. The van der Waals surface area contributed by atoms with E-state index in [4.69, 9.17) is 11.6 Å². The summed E-state index contributed by atoms with van der Waals surface area (Å²) in [5.74, 6) is -1.57. The van der Waals surface area contributed by atoms with Crippen LogP contribution in [0.25, 0.3) is 22.0 Å². The Labute approximate surface area is 200 Å². The van der Waals surface area contributed by atoms with Crippen molar-refractivity contribution in [2.45, 2.75) is 0 Å². The molecule has 1 aromatic heterocycles. The molecule has 144 valence electrons. The molecule has 1 amide bonds. The average Bonchev–Trinajstić information content (AvgIpc) is 2.74. The maximum absolute atomic E-state index is 12.6. The van der Waals surface area contributed by atoms with E-state index in [0.717, 1.165) is 22.0 Å². The molecule has 1 heterocycles. The van der Waals surface area contributed by atoms with Gasteiger partial charge in [0.2, 0.25) is 0 Å². The molecule has 7 heteroatoms. The van der Waals surface area contributed by atoms with Gasteiger partial charge < -0.3 is 10.4 Å². The molecule has 30 heavy (non-hydrogen) atoms. The second-order valence-electron chi connectivity index (χ2n) is 6.41. The van der Waals surface area contributed by atoms with E-state index in [-0.39, 0.29) is 45.8 Å². The molecule has 4 rings (SSSR count). The summed E-state index contributed by atoms with van der Waals surface area (Å²) in [7, 11) is 0. The summed E-state index contributed by atoms with van der Waals surface area (Å²) in [6.07, 6.45) is 1.75. The van der Waals surface area contributed by atoms with Crippen LogP contribution in [0.3, 0.4) is 0 Å². The van der Waals surface area contributed by atoms with Gasteiger partial charge in [-0.05, 0) is 42.0 Å². The van der Waals surface area contributed by atoms with Gasteiger partial charge in [-0.25, -0.2) is 4.79 Å². The van der Waals surface area contributed by atoms with E-state index in [9.17, 15) is 14.7 Å². The van der Waals surface area contributed by atoms with Gasteiger partial charge in [0, 0.05) is 27.7 Å². The minimum absolute atomic E-state index is 0. The van der Waals surface area contributed by atoms with Gasteiger partial charge in [0.05, 0.1) is 16.8 Å². The molecule has 0 bridgehead atoms. The number of amides is 1. The molecule has 0 fully saturated rings. The number of anilines is 1. The Morgan fingerprint density at radius 3 is 2.40 bits per heavy atom. The summed E-state index contributed by atoms with van der Waals surface area (Å²) in [6, 6.07) is 21.2. The number of nitrogens with zero attached hydrogens (tertiary/aromatic N) is 1. The third-order valence-electron chi connectivity index (χ3n) is 4.55. The second kappa shape index (κ2) is 9.41. The van der Waals surface area contributed by atoms with E-state index >= 15 is 0 Å². The third-order valence-corrected chi connectivity index (χ3v) is 4.79. The van der Waals surface area contributed by atoms with Crippen molar-refractivity contribution in [1.82, 2.24) is 4.98 Å². The van der Waals surface area contributed by atoms with E-state index < -0.39 is 11.9 Å². The first-order chi connectivity index (χ1) is 14.0. The Hall–Kier alpha value is -2.70. The van der Waals surface area contributed by atoms with Gasteiger partial charge in [0.25, 0.3) is 5.91 Å². The molecule has 0 saturated carbocycles. The number of aromatic nitrogens is 1. The number of nitrogens with one attached hydrogen (secondary N) is 1. The fraction of sp³-hybridized carbons (Fsp3) is 0. The summed E-state index contributed by atoms with van der Waals surface area (Å²) < 4.78 is 0. The van der Waals surface area contributed by atoms with Crippen LogP contribution in [0.5, 0.6) is 0 Å². The van der Waals surface area contributed by atoms with Gasteiger partial charge >= 0.3 is 35.5 Å². The zero-order valence-electron chi connectivity index (χ0n) is 15.1. The van der Waals surface area contributed by atoms with Crippen molar-refractivity contribution < 1.29 is 14.7 Å². The van der Waals surface area contributed by atoms with Crippen molar-refractivity contribution in [3.05, 3.63) is 95.1 Å². The Bertz CT molecular complexity index is 1240. The van der Waals surface area contributed by atoms with Crippen molar-refractivity contribution in [3.8, 4) is 11.1 Å². The average molecular weight is 427 g/mol. The van der Waals surface area contributed by atoms with Crippen molar-refractivity contribution in [1.29, 1.82) is 0 Å². The van der Waals surface area contributed by atoms with Crippen LogP contribution in [0.4, 0.5) is 5.69 Å². The van der Waals surface area contributed by atoms with E-state index in [2.05, 4.69) is 10.3 Å². The second-order valence-corrected chi connectivity index (χ2v) is 6.84. The SMILES string of the molecule is O=C(Nc1ccc(Cl)cc1C(=O)O)c1ccc(-c2cccc3cccnc23)cc1.[NaH]. The maximum atomic E-state index is 12.6. The van der Waals surface area contributed by atoms with E-state index in [1.807, 2.05) is 42.5 Å². The summed E-state index contributed by atoms with van der Waals surface area (Å²) in [4.78, 5) is 28.4. The fourth-order valence-corrected chi connectivity index (χ4v) is 3.31. The number of carbonyl (C=O) groups is 2. The van der Waals surface area contributed by atoms with Gasteiger partial charge in [-0.1, -0.05) is 48.0 Å². The van der Waals surface area contributed by atoms with Crippen molar-refractivity contribution in [2.24, 2.45) is 0 Å². The van der Waals surface area contributed by atoms with Gasteiger partial charge in [-0.2, -0.15) is 0 Å². The number of para-hydroxylation sites is 1. The predicted octanol–water partition coefficient (Wildman–Crippen LogP) is 4.86. The van der Waals surface area contributed by atoms with Crippen LogP contribution < -0.4 is 5.32 Å². The van der Waals surface area contributed by atoms with E-state index in [1.54, 1.807) is 18.3 Å². The monoisotopic (exact) mass is 426 g/mol. The van der Waals surface area contributed by atoms with Crippen LogP contribution in [0.1, 0.15) is 20.7 Å². The Morgan fingerprint density at radius 1 is 0.933 bits per heavy atom. The summed E-state index contributed by atoms with van der Waals surface area (Å²) in [6.45, 7) is 0. The zero-order chi connectivity index (χ0) is 20.4. The van der Waals surface area contributed by atoms with Crippen molar-refractivity contribution >= 4 is 69.6 Å². The number of carboxylic acid groups (broad SMARTS) is 1. The Morgan fingerprint density at radius 2 is 1.67 bits per heavy atom. The number of aromatic carboxylic acids is 1. The molecule has 0 atom stereocenters. The number of halogens is 1. The van der Waals surface area contributed by atoms with Crippen LogP contribution >= 0.6 is 11.6 Å². The molecular weight excluding hydrogens is 411 g/mol. The van der Waals surface area contributed by atoms with Gasteiger partial charge in [-0.3, -0.25) is 9.78 Å². The zero-order valence-corrected chi connectivity index (χ0v) is 15.9. The Kier molecular flexibility index (Phi) is 6.90. The molecule has 5 nitrogen and oxygen atoms in total. The molecule has 0 radical (unpaired) electrons. The number of pyridine rings is 1. The quantitative estimate of drug-likeness (QED) is 0.457. The normalized spacial score (nSPS) is 10.3. The summed E-state index contributed by atoms with van der Waals surface area (Å²) in [5.41, 5.74) is 3.33. The fourth-order valence-electron chi connectivity index (χ4n) is 3.14. The summed E-state index contributed by atoms with van der Waals surface area (Å²) >= 11 is 5.85. The topological polar surface area (TPSA) is 79.3 Å². The third kappa shape index (κ3) is 4.55. The molecule has 2 N–H and O–H groups in total. The van der Waals surface area contributed by atoms with Crippen LogP contribution in [0, 0.1) is 0 Å². The minimum atomic E-state index is -1.17. The first-order valence-corrected chi connectivity index (χ1v) is 9.19. The molecule has 0 aliphatic rings. The van der Waals surface area contributed by atoms with Crippen molar-refractivity contribution in [3.63, 3.8) is 0 Å². The molecule has 0 aliphatic heterocycles. The molecule has 0 spiro atoms. The van der Waals surface area contributed by atoms with Crippen LogP contribution in [0.2, 0.25) is 5.02 Å². The van der Waals surface area contributed by atoms with Crippen LogP contribution in [-0.2, 0) is 0 Å². The number of fused-ring (bicyclic) bond motifs is 1. The number of benzene rings is 3. The molecule has 4 aromatic rings. The molecular formula is C23H16ClN2NaO3. The first-order valence-electron chi connectivity index (χ1n) is 8.81. The standard InChI is InChI=1S/C23H15ClN2O3.Na.H/c24-17-10-11-20(19(13-17)23(28)29)26-22(27)16-8-6-14(7-9-16)18-5-1-3-15-4-2-12-25-21(15)18;;/h1-13H,(H,26,27)(H,28,29);;. The van der Waals surface area contributed by atoms with Gasteiger partial charge in [-0.15, -0.1) is 0 Å².